The molecule has 0 aromatic heterocycles. The van der Waals surface area contributed by atoms with E-state index >= 15 is 0 Å². The van der Waals surface area contributed by atoms with Gasteiger partial charge in [0, 0.05) is 41.9 Å². The van der Waals surface area contributed by atoms with Crippen LogP contribution in [-0.2, 0) is 4.79 Å². The lowest BCUT2D eigenvalue weighted by atomic mass is 10.3. The van der Waals surface area contributed by atoms with E-state index in [-0.39, 0.29) is 22.2 Å². The molecule has 132 valence electrons. The van der Waals surface area contributed by atoms with E-state index in [4.69, 9.17) is 0 Å². The minimum absolute atomic E-state index is 0.00361. The maximum atomic E-state index is 13.4. The van der Waals surface area contributed by atoms with Crippen LogP contribution in [0.3, 0.4) is 0 Å². The minimum Gasteiger partial charge on any atom is -0.383 e. The third kappa shape index (κ3) is 6.03. The van der Waals surface area contributed by atoms with Crippen LogP contribution < -0.4 is 10.6 Å². The third-order valence-corrected chi connectivity index (χ3v) is 4.16. The molecule has 2 aromatic rings. The third-order valence-electron chi connectivity index (χ3n) is 3.11. The maximum absolute atomic E-state index is 13.4. The molecule has 9 heteroatoms. The van der Waals surface area contributed by atoms with Crippen LogP contribution in [0.2, 0.25) is 0 Å². The van der Waals surface area contributed by atoms with E-state index in [1.54, 1.807) is 12.1 Å². The molecule has 0 saturated heterocycles. The summed E-state index contributed by atoms with van der Waals surface area (Å²) < 4.78 is 26.2. The zero-order chi connectivity index (χ0) is 18.2. The van der Waals surface area contributed by atoms with Gasteiger partial charge in [0.15, 0.2) is 0 Å². The van der Waals surface area contributed by atoms with Gasteiger partial charge in [-0.1, -0.05) is 0 Å². The lowest BCUT2D eigenvalue weighted by Crippen LogP contribution is -2.30. The molecule has 0 aliphatic heterocycles. The molecule has 0 unspecified atom stereocenters. The summed E-state index contributed by atoms with van der Waals surface area (Å²) in [5.41, 5.74) is 0.700. The van der Waals surface area contributed by atoms with Crippen molar-refractivity contribution in [2.75, 3.05) is 24.2 Å². The summed E-state index contributed by atoms with van der Waals surface area (Å²) >= 11 is 0.985. The van der Waals surface area contributed by atoms with Crippen molar-refractivity contribution < 1.29 is 18.5 Å². The molecule has 0 aliphatic carbocycles. The number of hydrogen-bond donors (Lipinski definition) is 2. The zero-order valence-corrected chi connectivity index (χ0v) is 13.8. The lowest BCUT2D eigenvalue weighted by molar-refractivity contribution is -0.384. The molecule has 0 heterocycles. The van der Waals surface area contributed by atoms with Gasteiger partial charge in [-0.25, -0.2) is 8.78 Å². The van der Waals surface area contributed by atoms with Crippen molar-refractivity contribution >= 4 is 29.0 Å². The second kappa shape index (κ2) is 8.97. The van der Waals surface area contributed by atoms with Gasteiger partial charge in [-0.3, -0.25) is 14.9 Å². The van der Waals surface area contributed by atoms with E-state index < -0.39 is 16.6 Å². The molecule has 6 nitrogen and oxygen atoms in total. The highest BCUT2D eigenvalue weighted by molar-refractivity contribution is 8.00. The summed E-state index contributed by atoms with van der Waals surface area (Å²) in [5, 5.41) is 16.2. The average molecular weight is 367 g/mol. The summed E-state index contributed by atoms with van der Waals surface area (Å²) in [7, 11) is 0. The minimum atomic E-state index is -0.697. The van der Waals surface area contributed by atoms with Gasteiger partial charge in [0.05, 0.1) is 10.7 Å². The van der Waals surface area contributed by atoms with E-state index in [0.717, 1.165) is 23.9 Å². The molecule has 0 spiro atoms. The van der Waals surface area contributed by atoms with Gasteiger partial charge in [-0.2, -0.15) is 0 Å². The first-order valence-corrected chi connectivity index (χ1v) is 8.27. The van der Waals surface area contributed by atoms with Gasteiger partial charge in [0.25, 0.3) is 5.69 Å². The monoisotopic (exact) mass is 367 g/mol. The van der Waals surface area contributed by atoms with Crippen LogP contribution in [0, 0.1) is 21.7 Å². The molecule has 0 fully saturated rings. The number of carbonyl (C=O) groups excluding carboxylic acids is 1. The Balaban J connectivity index is 1.67. The van der Waals surface area contributed by atoms with E-state index in [0.29, 0.717) is 18.8 Å². The molecule has 2 rings (SSSR count). The Labute approximate surface area is 146 Å². The summed E-state index contributed by atoms with van der Waals surface area (Å²) in [4.78, 5) is 22.0. The number of nitrogens with zero attached hydrogens (tertiary/aromatic N) is 1. The summed E-state index contributed by atoms with van der Waals surface area (Å²) in [6, 6.07) is 9.12. The number of amides is 1. The predicted octanol–water partition coefficient (Wildman–Crippen LogP) is 3.19. The first-order valence-electron chi connectivity index (χ1n) is 7.28. The molecular weight excluding hydrogens is 352 g/mol. The van der Waals surface area contributed by atoms with Crippen LogP contribution >= 0.6 is 11.8 Å². The van der Waals surface area contributed by atoms with Crippen LogP contribution in [0.4, 0.5) is 20.2 Å². The molecule has 2 aromatic carbocycles. The topological polar surface area (TPSA) is 84.3 Å². The fraction of sp³-hybridized carbons (Fsp3) is 0.188. The normalized spacial score (nSPS) is 10.3. The van der Waals surface area contributed by atoms with E-state index in [2.05, 4.69) is 10.6 Å². The van der Waals surface area contributed by atoms with Crippen LogP contribution in [0.25, 0.3) is 0 Å². The van der Waals surface area contributed by atoms with Crippen molar-refractivity contribution in [3.05, 3.63) is 64.2 Å². The highest BCUT2D eigenvalue weighted by Gasteiger charge is 2.08. The summed E-state index contributed by atoms with van der Waals surface area (Å²) in [6.07, 6.45) is 0. The second-order valence-electron chi connectivity index (χ2n) is 4.94. The standard InChI is InChI=1S/C16H15F2N3O3S/c17-11-1-6-15(14(18)9-11)25-10-16(22)20-8-7-19-12-2-4-13(5-3-12)21(23)24/h1-6,9,19H,7-8,10H2,(H,20,22). The highest BCUT2D eigenvalue weighted by atomic mass is 32.2. The van der Waals surface area contributed by atoms with E-state index in [1.807, 2.05) is 0 Å². The van der Waals surface area contributed by atoms with Crippen molar-refractivity contribution in [1.29, 1.82) is 0 Å². The van der Waals surface area contributed by atoms with Crippen LogP contribution in [0.5, 0.6) is 0 Å². The largest absolute Gasteiger partial charge is 0.383 e. The lowest BCUT2D eigenvalue weighted by Gasteiger charge is -2.08. The highest BCUT2D eigenvalue weighted by Crippen LogP contribution is 2.22. The Morgan fingerprint density at radius 3 is 2.48 bits per heavy atom. The Hall–Kier alpha value is -2.68. The smallest absolute Gasteiger partial charge is 0.269 e. The van der Waals surface area contributed by atoms with Gasteiger partial charge in [0.2, 0.25) is 5.91 Å². The molecular formula is C16H15F2N3O3S. The predicted molar refractivity (Wildman–Crippen MR) is 91.7 cm³/mol. The van der Waals surface area contributed by atoms with E-state index in [1.165, 1.54) is 18.2 Å². The maximum Gasteiger partial charge on any atom is 0.269 e. The quantitative estimate of drug-likeness (QED) is 0.324. The van der Waals surface area contributed by atoms with E-state index in [9.17, 15) is 23.7 Å². The first-order chi connectivity index (χ1) is 12.0. The molecule has 0 saturated carbocycles. The number of non-ortho nitro benzene ring substituents is 1. The van der Waals surface area contributed by atoms with Crippen molar-refractivity contribution in [3.63, 3.8) is 0 Å². The number of rotatable bonds is 8. The number of thioether (sulfide) groups is 1. The molecule has 0 radical (unpaired) electrons. The number of halogens is 2. The molecule has 1 amide bonds. The fourth-order valence-corrected chi connectivity index (χ4v) is 2.65. The number of nitro groups is 1. The average Bonchev–Trinajstić information content (AvgIpc) is 2.58. The number of carbonyl (C=O) groups is 1. The molecule has 0 aliphatic rings. The zero-order valence-electron chi connectivity index (χ0n) is 13.0. The summed E-state index contributed by atoms with van der Waals surface area (Å²) in [5.74, 6) is -1.62. The number of nitro benzene ring substituents is 1. The molecule has 2 N–H and O–H groups in total. The van der Waals surface area contributed by atoms with Crippen molar-refractivity contribution in [2.24, 2.45) is 0 Å². The SMILES string of the molecule is O=C(CSc1ccc(F)cc1F)NCCNc1ccc([N+](=O)[O-])cc1. The van der Waals surface area contributed by atoms with Crippen LogP contribution in [0.15, 0.2) is 47.4 Å². The molecule has 0 atom stereocenters. The van der Waals surface area contributed by atoms with Gasteiger partial charge in [-0.05, 0) is 24.3 Å². The van der Waals surface area contributed by atoms with Gasteiger partial charge >= 0.3 is 0 Å². The number of benzene rings is 2. The molecule has 0 bridgehead atoms. The molecule has 25 heavy (non-hydrogen) atoms. The number of anilines is 1. The Morgan fingerprint density at radius 2 is 1.84 bits per heavy atom. The van der Waals surface area contributed by atoms with Crippen LogP contribution in [-0.4, -0.2) is 29.7 Å². The number of hydrogen-bond acceptors (Lipinski definition) is 5. The fourth-order valence-electron chi connectivity index (χ4n) is 1.90. The Morgan fingerprint density at radius 1 is 1.12 bits per heavy atom. The van der Waals surface area contributed by atoms with Crippen molar-refractivity contribution in [1.82, 2.24) is 5.32 Å². The van der Waals surface area contributed by atoms with Gasteiger partial charge < -0.3 is 10.6 Å². The van der Waals surface area contributed by atoms with Gasteiger partial charge in [-0.15, -0.1) is 11.8 Å². The summed E-state index contributed by atoms with van der Waals surface area (Å²) in [6.45, 7) is 0.765. The Kier molecular flexibility index (Phi) is 6.70. The Bertz CT molecular complexity index is 757. The first kappa shape index (κ1) is 18.7. The van der Waals surface area contributed by atoms with Crippen molar-refractivity contribution in [3.8, 4) is 0 Å². The number of nitrogens with one attached hydrogen (secondary N) is 2. The van der Waals surface area contributed by atoms with Crippen molar-refractivity contribution in [2.45, 2.75) is 4.90 Å². The second-order valence-corrected chi connectivity index (χ2v) is 5.96. The van der Waals surface area contributed by atoms with Gasteiger partial charge in [0.1, 0.15) is 11.6 Å². The van der Waals surface area contributed by atoms with Crippen LogP contribution in [0.1, 0.15) is 0 Å².